The second-order valence-electron chi connectivity index (χ2n) is 3.39. The largest absolute Gasteiger partial charge is 0.330 e. The van der Waals surface area contributed by atoms with Gasteiger partial charge in [-0.1, -0.05) is 33.1 Å². The number of nitrogens with one attached hydrogen (secondary N) is 1. The SMILES string of the molecule is C.NCCCCCCCCNC(N)N. The minimum absolute atomic E-state index is 0. The molecule has 0 aliphatic carbocycles. The summed E-state index contributed by atoms with van der Waals surface area (Å²) < 4.78 is 0. The van der Waals surface area contributed by atoms with E-state index >= 15 is 0 Å². The standard InChI is InChI=1S/C9H24N4.CH4/c10-7-5-3-1-2-4-6-8-13-9(11)12;/h9,13H,1-8,10-12H2;1H4. The molecule has 0 amide bonds. The van der Waals surface area contributed by atoms with Crippen molar-refractivity contribution < 1.29 is 0 Å². The van der Waals surface area contributed by atoms with Gasteiger partial charge in [-0.3, -0.25) is 5.32 Å². The van der Waals surface area contributed by atoms with Crippen molar-refractivity contribution in [3.63, 3.8) is 0 Å². The number of rotatable bonds is 9. The monoisotopic (exact) mass is 204 g/mol. The van der Waals surface area contributed by atoms with E-state index in [1.54, 1.807) is 0 Å². The van der Waals surface area contributed by atoms with Gasteiger partial charge in [-0.2, -0.15) is 0 Å². The van der Waals surface area contributed by atoms with Crippen molar-refractivity contribution in [3.05, 3.63) is 0 Å². The Labute approximate surface area is 88.6 Å². The van der Waals surface area contributed by atoms with Crippen LogP contribution in [0.4, 0.5) is 0 Å². The maximum Gasteiger partial charge on any atom is 0.106 e. The second kappa shape index (κ2) is 12.8. The van der Waals surface area contributed by atoms with E-state index < -0.39 is 0 Å². The fourth-order valence-electron chi connectivity index (χ4n) is 1.25. The molecule has 0 unspecified atom stereocenters. The summed E-state index contributed by atoms with van der Waals surface area (Å²) in [7, 11) is 0. The predicted octanol–water partition coefficient (Wildman–Crippen LogP) is 0.712. The average molecular weight is 204 g/mol. The second-order valence-corrected chi connectivity index (χ2v) is 3.39. The van der Waals surface area contributed by atoms with Gasteiger partial charge in [-0.25, -0.2) is 0 Å². The molecule has 0 aliphatic rings. The van der Waals surface area contributed by atoms with Gasteiger partial charge in [-0.05, 0) is 25.9 Å². The van der Waals surface area contributed by atoms with E-state index in [0.29, 0.717) is 0 Å². The van der Waals surface area contributed by atoms with Crippen LogP contribution >= 0.6 is 0 Å². The van der Waals surface area contributed by atoms with E-state index in [2.05, 4.69) is 5.32 Å². The predicted molar refractivity (Wildman–Crippen MR) is 63.7 cm³/mol. The molecule has 0 aromatic heterocycles. The molecule has 4 nitrogen and oxygen atoms in total. The molecule has 0 spiro atoms. The lowest BCUT2D eigenvalue weighted by atomic mass is 10.1. The van der Waals surface area contributed by atoms with Crippen LogP contribution in [0.5, 0.6) is 0 Å². The van der Waals surface area contributed by atoms with Crippen LogP contribution in [0.25, 0.3) is 0 Å². The number of unbranched alkanes of at least 4 members (excludes halogenated alkanes) is 5. The van der Waals surface area contributed by atoms with Crippen LogP contribution in [0.1, 0.15) is 46.0 Å². The lowest BCUT2D eigenvalue weighted by molar-refractivity contribution is 0.509. The highest BCUT2D eigenvalue weighted by Crippen LogP contribution is 2.03. The Bertz CT molecular complexity index is 96.1. The van der Waals surface area contributed by atoms with Crippen molar-refractivity contribution >= 4 is 0 Å². The molecule has 0 fully saturated rings. The third-order valence-electron chi connectivity index (χ3n) is 2.01. The Hall–Kier alpha value is -0.160. The van der Waals surface area contributed by atoms with Crippen LogP contribution in [0.15, 0.2) is 0 Å². The summed E-state index contributed by atoms with van der Waals surface area (Å²) in [6.07, 6.45) is 7.06. The van der Waals surface area contributed by atoms with E-state index in [1.165, 1.54) is 25.7 Å². The summed E-state index contributed by atoms with van der Waals surface area (Å²) in [4.78, 5) is 0. The fourth-order valence-corrected chi connectivity index (χ4v) is 1.25. The zero-order valence-electron chi connectivity index (χ0n) is 8.47. The van der Waals surface area contributed by atoms with Crippen molar-refractivity contribution in [2.75, 3.05) is 13.1 Å². The van der Waals surface area contributed by atoms with Gasteiger partial charge in [0.05, 0.1) is 0 Å². The van der Waals surface area contributed by atoms with E-state index in [4.69, 9.17) is 17.2 Å². The van der Waals surface area contributed by atoms with Crippen LogP contribution in [0.2, 0.25) is 0 Å². The van der Waals surface area contributed by atoms with Crippen LogP contribution in [-0.2, 0) is 0 Å². The number of nitrogens with two attached hydrogens (primary N) is 3. The van der Waals surface area contributed by atoms with Crippen molar-refractivity contribution in [2.24, 2.45) is 17.2 Å². The molecule has 0 saturated heterocycles. The molecule has 0 bridgehead atoms. The van der Waals surface area contributed by atoms with Gasteiger partial charge in [0.25, 0.3) is 0 Å². The highest BCUT2D eigenvalue weighted by atomic mass is 15.1. The molecule has 0 rings (SSSR count). The molecule has 0 atom stereocenters. The lowest BCUT2D eigenvalue weighted by Crippen LogP contribution is -2.45. The summed E-state index contributed by atoms with van der Waals surface area (Å²) in [6, 6.07) is 0. The van der Waals surface area contributed by atoms with Crippen molar-refractivity contribution in [1.82, 2.24) is 5.32 Å². The quantitative estimate of drug-likeness (QED) is 0.329. The van der Waals surface area contributed by atoms with Gasteiger partial charge < -0.3 is 17.2 Å². The molecule has 0 heterocycles. The first-order valence-corrected chi connectivity index (χ1v) is 5.22. The molecule has 0 aromatic carbocycles. The summed E-state index contributed by atoms with van der Waals surface area (Å²) in [5.41, 5.74) is 16.0. The third kappa shape index (κ3) is 14.4. The van der Waals surface area contributed by atoms with Crippen molar-refractivity contribution in [1.29, 1.82) is 0 Å². The molecule has 7 N–H and O–H groups in total. The summed E-state index contributed by atoms with van der Waals surface area (Å²) in [6.45, 7) is 1.75. The smallest absolute Gasteiger partial charge is 0.106 e. The normalized spacial score (nSPS) is 10.3. The molecular weight excluding hydrogens is 176 g/mol. The topological polar surface area (TPSA) is 90.1 Å². The molecule has 88 valence electrons. The van der Waals surface area contributed by atoms with E-state index in [0.717, 1.165) is 25.9 Å². The Kier molecular flexibility index (Phi) is 14.9. The van der Waals surface area contributed by atoms with Crippen LogP contribution in [0, 0.1) is 0 Å². The molecule has 0 aliphatic heterocycles. The van der Waals surface area contributed by atoms with Gasteiger partial charge in [0.15, 0.2) is 0 Å². The molecule has 0 aromatic rings. The number of hydrogen-bond acceptors (Lipinski definition) is 4. The summed E-state index contributed by atoms with van der Waals surface area (Å²) in [5.74, 6) is 0. The molecule has 0 saturated carbocycles. The third-order valence-corrected chi connectivity index (χ3v) is 2.01. The van der Waals surface area contributed by atoms with Crippen LogP contribution in [0.3, 0.4) is 0 Å². The lowest BCUT2D eigenvalue weighted by Gasteiger charge is -2.07. The maximum atomic E-state index is 5.39. The zero-order valence-corrected chi connectivity index (χ0v) is 8.47. The van der Waals surface area contributed by atoms with Crippen LogP contribution in [-0.4, -0.2) is 19.4 Å². The highest BCUT2D eigenvalue weighted by molar-refractivity contribution is 4.51. The Morgan fingerprint density at radius 3 is 1.86 bits per heavy atom. The van der Waals surface area contributed by atoms with Gasteiger partial charge in [0.1, 0.15) is 6.29 Å². The first-order valence-electron chi connectivity index (χ1n) is 5.22. The van der Waals surface area contributed by atoms with Gasteiger partial charge >= 0.3 is 0 Å². The summed E-state index contributed by atoms with van der Waals surface area (Å²) in [5, 5.41) is 2.98. The average Bonchev–Trinajstić information content (AvgIpc) is 2.09. The van der Waals surface area contributed by atoms with E-state index in [1.807, 2.05) is 0 Å². The Morgan fingerprint density at radius 2 is 1.36 bits per heavy atom. The minimum atomic E-state index is -0.364. The Morgan fingerprint density at radius 1 is 0.857 bits per heavy atom. The van der Waals surface area contributed by atoms with Gasteiger partial charge in [-0.15, -0.1) is 0 Å². The van der Waals surface area contributed by atoms with Gasteiger partial charge in [0.2, 0.25) is 0 Å². The highest BCUT2D eigenvalue weighted by Gasteiger charge is 1.92. The Balaban J connectivity index is 0. The maximum absolute atomic E-state index is 5.39. The van der Waals surface area contributed by atoms with E-state index in [-0.39, 0.29) is 13.7 Å². The summed E-state index contributed by atoms with van der Waals surface area (Å²) >= 11 is 0. The minimum Gasteiger partial charge on any atom is -0.330 e. The molecule has 14 heavy (non-hydrogen) atoms. The first-order chi connectivity index (χ1) is 6.27. The van der Waals surface area contributed by atoms with Crippen molar-refractivity contribution in [3.8, 4) is 0 Å². The first kappa shape index (κ1) is 16.3. The van der Waals surface area contributed by atoms with Crippen LogP contribution < -0.4 is 22.5 Å². The van der Waals surface area contributed by atoms with E-state index in [9.17, 15) is 0 Å². The zero-order chi connectivity index (χ0) is 9.94. The van der Waals surface area contributed by atoms with Gasteiger partial charge in [0, 0.05) is 0 Å². The van der Waals surface area contributed by atoms with Crippen molar-refractivity contribution in [2.45, 2.75) is 52.2 Å². The molecule has 0 radical (unpaired) electrons. The fraction of sp³-hybridized carbons (Fsp3) is 1.00. The number of hydrogen-bond donors (Lipinski definition) is 4. The molecule has 4 heteroatoms. The molecular formula is C10H28N4.